The lowest BCUT2D eigenvalue weighted by Gasteiger charge is -2.30. The molecule has 0 spiro atoms. The van der Waals surface area contributed by atoms with Crippen molar-refractivity contribution in [2.45, 2.75) is 70.2 Å². The smallest absolute Gasteiger partial charge is 0.0817 e. The minimum atomic E-state index is -0.0600. The van der Waals surface area contributed by atoms with Crippen LogP contribution in [0.1, 0.15) is 52.9 Å². The summed E-state index contributed by atoms with van der Waals surface area (Å²) in [4.78, 5) is 0. The summed E-state index contributed by atoms with van der Waals surface area (Å²) in [5.41, 5.74) is 5.88. The van der Waals surface area contributed by atoms with Gasteiger partial charge in [0.1, 0.15) is 0 Å². The Hall–Kier alpha value is -0.120. The van der Waals surface area contributed by atoms with Crippen LogP contribution >= 0.6 is 0 Å². The molecule has 1 aliphatic heterocycles. The first kappa shape index (κ1) is 13.3. The van der Waals surface area contributed by atoms with Gasteiger partial charge < -0.3 is 15.2 Å². The molecule has 3 unspecified atom stereocenters. The molecule has 1 saturated carbocycles. The molecule has 2 rings (SSSR count). The topological polar surface area (TPSA) is 44.5 Å². The minimum Gasteiger partial charge on any atom is -0.371 e. The van der Waals surface area contributed by atoms with Crippen molar-refractivity contribution < 1.29 is 9.47 Å². The lowest BCUT2D eigenvalue weighted by atomic mass is 10.0. The zero-order valence-corrected chi connectivity index (χ0v) is 11.5. The molecule has 0 bridgehead atoms. The number of rotatable bonds is 4. The fourth-order valence-electron chi connectivity index (χ4n) is 3.19. The minimum absolute atomic E-state index is 0.0346. The zero-order chi connectivity index (χ0) is 12.5. The summed E-state index contributed by atoms with van der Waals surface area (Å²) in [5, 5.41) is 0. The third-order valence-corrected chi connectivity index (χ3v) is 4.31. The predicted molar refractivity (Wildman–Crippen MR) is 68.9 cm³/mol. The van der Waals surface area contributed by atoms with Crippen LogP contribution in [-0.2, 0) is 9.47 Å². The molecule has 1 heterocycles. The summed E-state index contributed by atoms with van der Waals surface area (Å²) in [5.74, 6) is 0.750. The molecule has 0 aromatic rings. The third kappa shape index (κ3) is 3.21. The van der Waals surface area contributed by atoms with Gasteiger partial charge in [0.15, 0.2) is 0 Å². The Morgan fingerprint density at radius 3 is 2.53 bits per heavy atom. The van der Waals surface area contributed by atoms with Crippen LogP contribution in [0.5, 0.6) is 0 Å². The molecule has 2 N–H and O–H groups in total. The first-order valence-corrected chi connectivity index (χ1v) is 6.97. The fourth-order valence-corrected chi connectivity index (χ4v) is 3.19. The van der Waals surface area contributed by atoms with Crippen molar-refractivity contribution in [3.8, 4) is 0 Å². The maximum atomic E-state index is 6.14. The second-order valence-corrected chi connectivity index (χ2v) is 6.58. The van der Waals surface area contributed by atoms with Crippen molar-refractivity contribution in [1.29, 1.82) is 0 Å². The highest BCUT2D eigenvalue weighted by Crippen LogP contribution is 2.37. The van der Waals surface area contributed by atoms with E-state index >= 15 is 0 Å². The Labute approximate surface area is 105 Å². The maximum Gasteiger partial charge on any atom is 0.0817 e. The molecule has 2 aliphatic rings. The monoisotopic (exact) mass is 241 g/mol. The predicted octanol–water partition coefficient (Wildman–Crippen LogP) is 2.48. The van der Waals surface area contributed by atoms with Crippen LogP contribution in [-0.4, -0.2) is 30.5 Å². The van der Waals surface area contributed by atoms with Crippen LogP contribution in [0.4, 0.5) is 0 Å². The van der Waals surface area contributed by atoms with E-state index < -0.39 is 0 Å². The molecule has 0 aromatic heterocycles. The Bertz CT molecular complexity index is 267. The molecule has 100 valence electrons. The second-order valence-electron chi connectivity index (χ2n) is 6.58. The first-order valence-electron chi connectivity index (χ1n) is 6.97. The van der Waals surface area contributed by atoms with Crippen LogP contribution in [0.15, 0.2) is 0 Å². The van der Waals surface area contributed by atoms with Gasteiger partial charge >= 0.3 is 0 Å². The SMILES string of the molecule is CC1CCC(CN)(OCC2CCC(C)(C)O2)C1. The summed E-state index contributed by atoms with van der Waals surface area (Å²) in [6, 6.07) is 0. The lowest BCUT2D eigenvalue weighted by Crippen LogP contribution is -2.40. The lowest BCUT2D eigenvalue weighted by molar-refractivity contribution is -0.103. The largest absolute Gasteiger partial charge is 0.371 e. The van der Waals surface area contributed by atoms with Crippen molar-refractivity contribution in [1.82, 2.24) is 0 Å². The van der Waals surface area contributed by atoms with Crippen LogP contribution in [0, 0.1) is 5.92 Å². The van der Waals surface area contributed by atoms with Crippen molar-refractivity contribution in [2.75, 3.05) is 13.2 Å². The van der Waals surface area contributed by atoms with E-state index in [9.17, 15) is 0 Å². The van der Waals surface area contributed by atoms with E-state index in [1.54, 1.807) is 0 Å². The Morgan fingerprint density at radius 2 is 2.06 bits per heavy atom. The molecular weight excluding hydrogens is 214 g/mol. The van der Waals surface area contributed by atoms with Gasteiger partial charge in [-0.15, -0.1) is 0 Å². The van der Waals surface area contributed by atoms with E-state index in [1.165, 1.54) is 6.42 Å². The maximum absolute atomic E-state index is 6.14. The van der Waals surface area contributed by atoms with E-state index in [1.807, 2.05) is 0 Å². The number of nitrogens with two attached hydrogens (primary N) is 1. The van der Waals surface area contributed by atoms with Crippen molar-refractivity contribution in [2.24, 2.45) is 11.7 Å². The Balaban J connectivity index is 1.81. The number of hydrogen-bond acceptors (Lipinski definition) is 3. The summed E-state index contributed by atoms with van der Waals surface area (Å²) in [6.45, 7) is 7.96. The normalized spacial score (nSPS) is 40.9. The zero-order valence-electron chi connectivity index (χ0n) is 11.5. The van der Waals surface area contributed by atoms with Gasteiger partial charge in [-0.05, 0) is 51.9 Å². The van der Waals surface area contributed by atoms with Crippen LogP contribution in [0.25, 0.3) is 0 Å². The molecule has 1 saturated heterocycles. The molecule has 0 radical (unpaired) electrons. The van der Waals surface area contributed by atoms with E-state index in [2.05, 4.69) is 20.8 Å². The summed E-state index contributed by atoms with van der Waals surface area (Å²) in [6.07, 6.45) is 5.98. The molecule has 1 aliphatic carbocycles. The third-order valence-electron chi connectivity index (χ3n) is 4.31. The molecule has 2 fully saturated rings. The molecular formula is C14H27NO2. The molecule has 0 amide bonds. The van der Waals surface area contributed by atoms with Gasteiger partial charge in [0, 0.05) is 6.54 Å². The molecule has 3 atom stereocenters. The highest BCUT2D eigenvalue weighted by atomic mass is 16.6. The van der Waals surface area contributed by atoms with Gasteiger partial charge in [-0.3, -0.25) is 0 Å². The quantitative estimate of drug-likeness (QED) is 0.822. The highest BCUT2D eigenvalue weighted by Gasteiger charge is 2.39. The van der Waals surface area contributed by atoms with Gasteiger partial charge in [-0.1, -0.05) is 6.92 Å². The van der Waals surface area contributed by atoms with Crippen molar-refractivity contribution in [3.05, 3.63) is 0 Å². The van der Waals surface area contributed by atoms with Crippen molar-refractivity contribution >= 4 is 0 Å². The standard InChI is InChI=1S/C14H27NO2/c1-11-4-7-14(8-11,10-15)16-9-12-5-6-13(2,3)17-12/h11-12H,4-10,15H2,1-3H3. The number of hydrogen-bond donors (Lipinski definition) is 1. The van der Waals surface area contributed by atoms with Crippen LogP contribution < -0.4 is 5.73 Å². The van der Waals surface area contributed by atoms with E-state index in [-0.39, 0.29) is 17.3 Å². The van der Waals surface area contributed by atoms with Crippen LogP contribution in [0.3, 0.4) is 0 Å². The molecule has 0 aromatic carbocycles. The summed E-state index contributed by atoms with van der Waals surface area (Å²) >= 11 is 0. The van der Waals surface area contributed by atoms with E-state index in [0.717, 1.165) is 31.6 Å². The van der Waals surface area contributed by atoms with Gasteiger partial charge in [-0.2, -0.15) is 0 Å². The van der Waals surface area contributed by atoms with Gasteiger partial charge in [-0.25, -0.2) is 0 Å². The first-order chi connectivity index (χ1) is 7.95. The van der Waals surface area contributed by atoms with E-state index in [4.69, 9.17) is 15.2 Å². The van der Waals surface area contributed by atoms with Gasteiger partial charge in [0.05, 0.1) is 23.9 Å². The fraction of sp³-hybridized carbons (Fsp3) is 1.00. The van der Waals surface area contributed by atoms with E-state index in [0.29, 0.717) is 13.2 Å². The van der Waals surface area contributed by atoms with Gasteiger partial charge in [0.2, 0.25) is 0 Å². The Morgan fingerprint density at radius 1 is 1.29 bits per heavy atom. The molecule has 3 nitrogen and oxygen atoms in total. The van der Waals surface area contributed by atoms with Gasteiger partial charge in [0.25, 0.3) is 0 Å². The Kier molecular flexibility index (Phi) is 3.81. The highest BCUT2D eigenvalue weighted by molar-refractivity contribution is 4.91. The molecule has 3 heteroatoms. The average molecular weight is 241 g/mol. The molecule has 17 heavy (non-hydrogen) atoms. The van der Waals surface area contributed by atoms with Crippen LogP contribution in [0.2, 0.25) is 0 Å². The number of ether oxygens (including phenoxy) is 2. The summed E-state index contributed by atoms with van der Waals surface area (Å²) < 4.78 is 12.1. The van der Waals surface area contributed by atoms with Crippen molar-refractivity contribution in [3.63, 3.8) is 0 Å². The summed E-state index contributed by atoms with van der Waals surface area (Å²) in [7, 11) is 0. The second kappa shape index (κ2) is 4.87. The average Bonchev–Trinajstić information content (AvgIpc) is 2.80.